The third-order valence-electron chi connectivity index (χ3n) is 4.09. The highest BCUT2D eigenvalue weighted by atomic mass is 35.5. The minimum absolute atomic E-state index is 0.215. The Bertz CT molecular complexity index is 907. The zero-order valence-electron chi connectivity index (χ0n) is 14.4. The lowest BCUT2D eigenvalue weighted by Crippen LogP contribution is -2.33. The van der Waals surface area contributed by atoms with Crippen LogP contribution >= 0.6 is 11.6 Å². The standard InChI is InChI=1S/C17H21ClN4O2S/c1-17(2,3)25(23,24)22-12-7-4-6-11(10-12)19-15-13-8-5-9-14(13)20-16(18)21-15/h4,6-7,10,22H,5,8-9H2,1-3H3,(H,19,20,21). The Labute approximate surface area is 153 Å². The average molecular weight is 381 g/mol. The molecule has 0 saturated carbocycles. The number of aryl methyl sites for hydroxylation is 1. The maximum absolute atomic E-state index is 12.3. The Morgan fingerprint density at radius 3 is 2.56 bits per heavy atom. The molecule has 2 aromatic rings. The fraction of sp³-hybridized carbons (Fsp3) is 0.412. The number of anilines is 3. The molecule has 0 bridgehead atoms. The molecule has 1 heterocycles. The van der Waals surface area contributed by atoms with Crippen molar-refractivity contribution in [3.63, 3.8) is 0 Å². The first-order chi connectivity index (χ1) is 11.7. The van der Waals surface area contributed by atoms with E-state index in [4.69, 9.17) is 11.6 Å². The number of nitrogens with zero attached hydrogens (tertiary/aromatic N) is 2. The second kappa shape index (κ2) is 6.46. The summed E-state index contributed by atoms with van der Waals surface area (Å²) in [5, 5.41) is 3.46. The van der Waals surface area contributed by atoms with E-state index in [1.807, 2.05) is 6.07 Å². The molecule has 8 heteroatoms. The van der Waals surface area contributed by atoms with Gasteiger partial charge in [-0.2, -0.15) is 0 Å². The van der Waals surface area contributed by atoms with Crippen molar-refractivity contribution >= 4 is 38.8 Å². The number of benzene rings is 1. The van der Waals surface area contributed by atoms with E-state index in [-0.39, 0.29) is 5.28 Å². The van der Waals surface area contributed by atoms with E-state index < -0.39 is 14.8 Å². The lowest BCUT2D eigenvalue weighted by atomic mass is 10.2. The predicted octanol–water partition coefficient (Wildman–Crippen LogP) is 3.90. The van der Waals surface area contributed by atoms with Gasteiger partial charge in [-0.05, 0) is 69.8 Å². The Balaban J connectivity index is 1.87. The van der Waals surface area contributed by atoms with Crippen molar-refractivity contribution in [3.05, 3.63) is 40.8 Å². The van der Waals surface area contributed by atoms with Crippen molar-refractivity contribution < 1.29 is 8.42 Å². The summed E-state index contributed by atoms with van der Waals surface area (Å²) >= 11 is 6.01. The van der Waals surface area contributed by atoms with Crippen LogP contribution in [-0.4, -0.2) is 23.1 Å². The number of halogens is 1. The quantitative estimate of drug-likeness (QED) is 0.786. The summed E-state index contributed by atoms with van der Waals surface area (Å²) in [6.07, 6.45) is 2.84. The van der Waals surface area contributed by atoms with Gasteiger partial charge in [0.05, 0.1) is 16.1 Å². The van der Waals surface area contributed by atoms with Gasteiger partial charge >= 0.3 is 0 Å². The summed E-state index contributed by atoms with van der Waals surface area (Å²) in [6, 6.07) is 7.09. The SMILES string of the molecule is CC(C)(C)S(=O)(=O)Nc1cccc(Nc2nc(Cl)nc3c2CCC3)c1. The number of aromatic nitrogens is 2. The van der Waals surface area contributed by atoms with Crippen LogP contribution in [-0.2, 0) is 22.9 Å². The summed E-state index contributed by atoms with van der Waals surface area (Å²) in [7, 11) is -3.48. The second-order valence-corrected chi connectivity index (χ2v) is 9.82. The van der Waals surface area contributed by atoms with E-state index in [0.29, 0.717) is 11.5 Å². The van der Waals surface area contributed by atoms with Gasteiger partial charge in [-0.15, -0.1) is 0 Å². The normalized spacial score (nSPS) is 14.2. The molecule has 25 heavy (non-hydrogen) atoms. The van der Waals surface area contributed by atoms with Crippen LogP contribution < -0.4 is 10.0 Å². The number of fused-ring (bicyclic) bond motifs is 1. The second-order valence-electron chi connectivity index (χ2n) is 7.04. The molecule has 0 fully saturated rings. The zero-order valence-corrected chi connectivity index (χ0v) is 16.0. The average Bonchev–Trinajstić information content (AvgIpc) is 2.94. The molecule has 0 unspecified atom stereocenters. The van der Waals surface area contributed by atoms with E-state index in [0.717, 1.165) is 36.2 Å². The topological polar surface area (TPSA) is 84.0 Å². The van der Waals surface area contributed by atoms with Gasteiger partial charge in [0.25, 0.3) is 0 Å². The first-order valence-electron chi connectivity index (χ1n) is 8.10. The van der Waals surface area contributed by atoms with Crippen LogP contribution in [0.25, 0.3) is 0 Å². The van der Waals surface area contributed by atoms with Crippen LogP contribution in [0.5, 0.6) is 0 Å². The molecule has 2 N–H and O–H groups in total. The number of hydrogen-bond donors (Lipinski definition) is 2. The molecule has 1 aromatic heterocycles. The molecule has 1 aliphatic carbocycles. The molecule has 0 radical (unpaired) electrons. The van der Waals surface area contributed by atoms with Gasteiger partial charge in [0, 0.05) is 11.3 Å². The first-order valence-corrected chi connectivity index (χ1v) is 9.96. The molecule has 0 amide bonds. The summed E-state index contributed by atoms with van der Waals surface area (Å²) in [6.45, 7) is 4.97. The van der Waals surface area contributed by atoms with E-state index in [9.17, 15) is 8.42 Å². The lowest BCUT2D eigenvalue weighted by molar-refractivity contribution is 0.566. The Hall–Kier alpha value is -1.86. The van der Waals surface area contributed by atoms with Gasteiger partial charge in [-0.25, -0.2) is 18.4 Å². The van der Waals surface area contributed by atoms with Crippen molar-refractivity contribution in [2.24, 2.45) is 0 Å². The maximum atomic E-state index is 12.3. The molecule has 6 nitrogen and oxygen atoms in total. The summed E-state index contributed by atoms with van der Waals surface area (Å²) in [4.78, 5) is 8.56. The molecule has 3 rings (SSSR count). The number of rotatable bonds is 4. The van der Waals surface area contributed by atoms with Gasteiger partial charge in [0.1, 0.15) is 5.82 Å². The van der Waals surface area contributed by atoms with Crippen LogP contribution in [0.4, 0.5) is 17.2 Å². The molecule has 0 spiro atoms. The zero-order chi connectivity index (χ0) is 18.2. The molecule has 0 saturated heterocycles. The Morgan fingerprint density at radius 1 is 1.12 bits per heavy atom. The van der Waals surface area contributed by atoms with Crippen molar-refractivity contribution in [3.8, 4) is 0 Å². The van der Waals surface area contributed by atoms with Crippen LogP contribution in [0.15, 0.2) is 24.3 Å². The van der Waals surface area contributed by atoms with Crippen molar-refractivity contribution in [2.45, 2.75) is 44.8 Å². The van der Waals surface area contributed by atoms with Crippen molar-refractivity contribution in [2.75, 3.05) is 10.0 Å². The first kappa shape index (κ1) is 17.9. The van der Waals surface area contributed by atoms with Crippen molar-refractivity contribution in [1.29, 1.82) is 0 Å². The van der Waals surface area contributed by atoms with Crippen LogP contribution in [0.3, 0.4) is 0 Å². The third kappa shape index (κ3) is 3.88. The monoisotopic (exact) mass is 380 g/mol. The minimum Gasteiger partial charge on any atom is -0.340 e. The Morgan fingerprint density at radius 2 is 1.84 bits per heavy atom. The van der Waals surface area contributed by atoms with E-state index in [2.05, 4.69) is 20.0 Å². The number of sulfonamides is 1. The third-order valence-corrected chi connectivity index (χ3v) is 6.38. The summed E-state index contributed by atoms with van der Waals surface area (Å²) in [5.41, 5.74) is 3.28. The molecule has 0 atom stereocenters. The highest BCUT2D eigenvalue weighted by molar-refractivity contribution is 7.94. The number of nitrogens with one attached hydrogen (secondary N) is 2. The van der Waals surface area contributed by atoms with E-state index in [1.54, 1.807) is 39.0 Å². The molecule has 134 valence electrons. The van der Waals surface area contributed by atoms with Crippen LogP contribution in [0.1, 0.15) is 38.4 Å². The molecular weight excluding hydrogens is 360 g/mol. The lowest BCUT2D eigenvalue weighted by Gasteiger charge is -2.20. The largest absolute Gasteiger partial charge is 0.340 e. The van der Waals surface area contributed by atoms with Gasteiger partial charge in [0.2, 0.25) is 15.3 Å². The molecular formula is C17H21ClN4O2S. The minimum atomic E-state index is -3.48. The van der Waals surface area contributed by atoms with Crippen LogP contribution in [0.2, 0.25) is 5.28 Å². The maximum Gasteiger partial charge on any atom is 0.237 e. The van der Waals surface area contributed by atoms with E-state index >= 15 is 0 Å². The van der Waals surface area contributed by atoms with Crippen LogP contribution in [0, 0.1) is 0 Å². The summed E-state index contributed by atoms with van der Waals surface area (Å²) in [5.74, 6) is 0.684. The van der Waals surface area contributed by atoms with Crippen molar-refractivity contribution in [1.82, 2.24) is 9.97 Å². The fourth-order valence-corrected chi connectivity index (χ4v) is 3.54. The smallest absolute Gasteiger partial charge is 0.237 e. The predicted molar refractivity (Wildman–Crippen MR) is 101 cm³/mol. The Kier molecular flexibility index (Phi) is 4.64. The van der Waals surface area contributed by atoms with E-state index in [1.165, 1.54) is 0 Å². The summed E-state index contributed by atoms with van der Waals surface area (Å²) < 4.78 is 26.4. The van der Waals surface area contributed by atoms with Gasteiger partial charge < -0.3 is 5.32 Å². The van der Waals surface area contributed by atoms with Gasteiger partial charge in [0.15, 0.2) is 0 Å². The fourth-order valence-electron chi connectivity index (χ4n) is 2.61. The highest BCUT2D eigenvalue weighted by Crippen LogP contribution is 2.30. The number of hydrogen-bond acceptors (Lipinski definition) is 5. The molecule has 1 aliphatic rings. The van der Waals surface area contributed by atoms with Gasteiger partial charge in [-0.1, -0.05) is 6.07 Å². The molecule has 1 aromatic carbocycles. The molecule has 0 aliphatic heterocycles. The van der Waals surface area contributed by atoms with Gasteiger partial charge in [-0.3, -0.25) is 4.72 Å². The highest BCUT2D eigenvalue weighted by Gasteiger charge is 2.29.